The largest absolute Gasteiger partial charge is 0.355 e. The molecule has 0 spiro atoms. The molecule has 4 rings (SSSR count). The molecule has 2 fully saturated rings. The molecule has 0 aromatic carbocycles. The van der Waals surface area contributed by atoms with Crippen LogP contribution in [0.15, 0.2) is 35.6 Å². The molecule has 1 N–H and O–H groups in total. The van der Waals surface area contributed by atoms with Gasteiger partial charge < -0.3 is 4.90 Å². The van der Waals surface area contributed by atoms with Gasteiger partial charge in [0.15, 0.2) is 5.82 Å². The minimum atomic E-state index is -3.46. The maximum Gasteiger partial charge on any atom is 0.246 e. The van der Waals surface area contributed by atoms with E-state index in [9.17, 15) is 8.42 Å². The van der Waals surface area contributed by atoms with Gasteiger partial charge in [-0.2, -0.15) is 14.5 Å². The van der Waals surface area contributed by atoms with E-state index in [0.717, 1.165) is 18.7 Å². The minimum absolute atomic E-state index is 0.237. The molecule has 2 aromatic heterocycles. The predicted molar refractivity (Wildman–Crippen MR) is 87.8 cm³/mol. The zero-order valence-electron chi connectivity index (χ0n) is 13.4. The Balaban J connectivity index is 1.54. The number of aromatic amines is 1. The minimum Gasteiger partial charge on any atom is -0.355 e. The highest BCUT2D eigenvalue weighted by molar-refractivity contribution is 7.89. The number of hydrogen-bond acceptors (Lipinski definition) is 6. The van der Waals surface area contributed by atoms with Crippen LogP contribution in [0.25, 0.3) is 0 Å². The van der Waals surface area contributed by atoms with Crippen molar-refractivity contribution in [1.29, 1.82) is 0 Å². The summed E-state index contributed by atoms with van der Waals surface area (Å²) in [5, 5.41) is 14.5. The van der Waals surface area contributed by atoms with Crippen molar-refractivity contribution in [1.82, 2.24) is 24.7 Å². The summed E-state index contributed by atoms with van der Waals surface area (Å²) in [4.78, 5) is 2.38. The third-order valence-corrected chi connectivity index (χ3v) is 7.11. The fourth-order valence-electron chi connectivity index (χ4n) is 4.05. The number of nitrogens with one attached hydrogen (secondary N) is 1. The van der Waals surface area contributed by atoms with E-state index in [1.807, 2.05) is 19.2 Å². The Kier molecular flexibility index (Phi) is 3.76. The van der Waals surface area contributed by atoms with Gasteiger partial charge in [0.25, 0.3) is 0 Å². The first-order valence-corrected chi connectivity index (χ1v) is 9.51. The lowest BCUT2D eigenvalue weighted by Gasteiger charge is -2.30. The number of rotatable bonds is 4. The molecule has 1 aliphatic heterocycles. The Labute approximate surface area is 140 Å². The molecule has 3 heterocycles. The first-order valence-electron chi connectivity index (χ1n) is 8.07. The Morgan fingerprint density at radius 2 is 2.21 bits per heavy atom. The quantitative estimate of drug-likeness (QED) is 0.875. The molecule has 1 saturated heterocycles. The topological polar surface area (TPSA) is 95.1 Å². The first-order chi connectivity index (χ1) is 11.6. The Hall–Kier alpha value is -2.00. The van der Waals surface area contributed by atoms with Crippen LogP contribution in [-0.2, 0) is 10.0 Å². The third-order valence-electron chi connectivity index (χ3n) is 5.31. The number of anilines is 1. The normalized spacial score (nSPS) is 27.3. The van der Waals surface area contributed by atoms with Crippen LogP contribution in [0.1, 0.15) is 12.8 Å². The monoisotopic (exact) mass is 348 g/mol. The number of nitrogens with zero attached hydrogens (tertiary/aromatic N) is 5. The van der Waals surface area contributed by atoms with Crippen molar-refractivity contribution < 1.29 is 8.42 Å². The molecule has 0 unspecified atom stereocenters. The van der Waals surface area contributed by atoms with E-state index in [2.05, 4.69) is 25.3 Å². The number of hydrogen-bond donors (Lipinski definition) is 1. The van der Waals surface area contributed by atoms with Gasteiger partial charge in [-0.3, -0.25) is 5.10 Å². The van der Waals surface area contributed by atoms with Crippen molar-refractivity contribution >= 4 is 15.8 Å². The molecule has 0 radical (unpaired) electrons. The van der Waals surface area contributed by atoms with Crippen molar-refractivity contribution in [3.05, 3.63) is 30.7 Å². The molecule has 0 bridgehead atoms. The molecule has 2 aliphatic rings. The van der Waals surface area contributed by atoms with Gasteiger partial charge in [0.2, 0.25) is 10.0 Å². The standard InChI is InChI=1S/C15H20N6O2S/c1-20(15-3-2-6-16-19-15)14-5-4-11-9-21(10-13(11)14)24(22,23)12-7-17-18-8-12/h2-3,6-8,11,13-14H,4-5,9-10H2,1H3,(H,17,18)/t11-,13+,14-/m1/s1. The van der Waals surface area contributed by atoms with Gasteiger partial charge in [-0.05, 0) is 36.8 Å². The van der Waals surface area contributed by atoms with Crippen molar-refractivity contribution in [3.63, 3.8) is 0 Å². The maximum absolute atomic E-state index is 12.7. The van der Waals surface area contributed by atoms with Gasteiger partial charge in [0.05, 0.1) is 6.20 Å². The first kappa shape index (κ1) is 15.5. The van der Waals surface area contributed by atoms with E-state index in [0.29, 0.717) is 24.9 Å². The molecular formula is C15H20N6O2S. The van der Waals surface area contributed by atoms with Crippen LogP contribution in [0, 0.1) is 11.8 Å². The lowest BCUT2D eigenvalue weighted by atomic mass is 9.97. The fourth-order valence-corrected chi connectivity index (χ4v) is 5.50. The molecule has 1 aliphatic carbocycles. The number of aromatic nitrogens is 4. The summed E-state index contributed by atoms with van der Waals surface area (Å²) in [5.41, 5.74) is 0. The van der Waals surface area contributed by atoms with Gasteiger partial charge in [-0.15, -0.1) is 5.10 Å². The highest BCUT2D eigenvalue weighted by Gasteiger charge is 2.47. The zero-order valence-corrected chi connectivity index (χ0v) is 14.2. The Bertz CT molecular complexity index is 795. The third kappa shape index (κ3) is 2.48. The molecule has 3 atom stereocenters. The van der Waals surface area contributed by atoms with Crippen molar-refractivity contribution in [2.45, 2.75) is 23.8 Å². The van der Waals surface area contributed by atoms with Gasteiger partial charge in [-0.1, -0.05) is 0 Å². The second-order valence-electron chi connectivity index (χ2n) is 6.52. The van der Waals surface area contributed by atoms with Crippen LogP contribution in [0.3, 0.4) is 0 Å². The molecule has 24 heavy (non-hydrogen) atoms. The molecule has 2 aromatic rings. The lowest BCUT2D eigenvalue weighted by molar-refractivity contribution is 0.417. The van der Waals surface area contributed by atoms with Crippen LogP contribution >= 0.6 is 0 Å². The van der Waals surface area contributed by atoms with E-state index >= 15 is 0 Å². The Morgan fingerprint density at radius 3 is 2.92 bits per heavy atom. The van der Waals surface area contributed by atoms with E-state index < -0.39 is 10.0 Å². The molecule has 9 heteroatoms. The van der Waals surface area contributed by atoms with E-state index in [1.165, 1.54) is 12.4 Å². The van der Waals surface area contributed by atoms with E-state index in [1.54, 1.807) is 10.5 Å². The predicted octanol–water partition coefficient (Wildman–Crippen LogP) is 0.735. The van der Waals surface area contributed by atoms with Crippen LogP contribution in [0.4, 0.5) is 5.82 Å². The fraction of sp³-hybridized carbons (Fsp3) is 0.533. The van der Waals surface area contributed by atoms with Crippen molar-refractivity contribution in [3.8, 4) is 0 Å². The van der Waals surface area contributed by atoms with E-state index in [4.69, 9.17) is 0 Å². The second kappa shape index (κ2) is 5.82. The zero-order chi connectivity index (χ0) is 16.7. The average Bonchev–Trinajstić information content (AvgIpc) is 3.31. The number of H-pyrrole nitrogens is 1. The summed E-state index contributed by atoms with van der Waals surface area (Å²) in [6.07, 6.45) is 6.56. The SMILES string of the molecule is CN(c1cccnn1)[C@@H]1CC[C@@H]2CN(S(=O)(=O)c3cn[nH]c3)C[C@@H]21. The summed E-state index contributed by atoms with van der Waals surface area (Å²) in [6.45, 7) is 1.14. The smallest absolute Gasteiger partial charge is 0.246 e. The summed E-state index contributed by atoms with van der Waals surface area (Å²) in [7, 11) is -1.44. The van der Waals surface area contributed by atoms with Gasteiger partial charge in [-0.25, -0.2) is 8.42 Å². The number of sulfonamides is 1. The van der Waals surface area contributed by atoms with Crippen molar-refractivity contribution in [2.75, 3.05) is 25.0 Å². The number of fused-ring (bicyclic) bond motifs is 1. The highest BCUT2D eigenvalue weighted by Crippen LogP contribution is 2.42. The Morgan fingerprint density at radius 1 is 1.33 bits per heavy atom. The molecule has 128 valence electrons. The van der Waals surface area contributed by atoms with Crippen LogP contribution < -0.4 is 4.90 Å². The van der Waals surface area contributed by atoms with E-state index in [-0.39, 0.29) is 10.9 Å². The summed E-state index contributed by atoms with van der Waals surface area (Å²) in [5.74, 6) is 1.55. The lowest BCUT2D eigenvalue weighted by Crippen LogP contribution is -2.39. The highest BCUT2D eigenvalue weighted by atomic mass is 32.2. The van der Waals surface area contributed by atoms with Gasteiger partial charge in [0, 0.05) is 38.6 Å². The van der Waals surface area contributed by atoms with Gasteiger partial charge in [0.1, 0.15) is 4.90 Å². The van der Waals surface area contributed by atoms with Crippen LogP contribution in [0.5, 0.6) is 0 Å². The second-order valence-corrected chi connectivity index (χ2v) is 8.46. The molecule has 0 amide bonds. The van der Waals surface area contributed by atoms with Crippen LogP contribution in [-0.4, -0.2) is 59.3 Å². The molecule has 8 nitrogen and oxygen atoms in total. The summed E-state index contributed by atoms with van der Waals surface area (Å²) >= 11 is 0. The van der Waals surface area contributed by atoms with Crippen LogP contribution in [0.2, 0.25) is 0 Å². The molecule has 1 saturated carbocycles. The average molecular weight is 348 g/mol. The molecular weight excluding hydrogens is 328 g/mol. The van der Waals surface area contributed by atoms with Gasteiger partial charge >= 0.3 is 0 Å². The van der Waals surface area contributed by atoms with Crippen molar-refractivity contribution in [2.24, 2.45) is 11.8 Å². The summed E-state index contributed by atoms with van der Waals surface area (Å²) in [6, 6.07) is 4.10. The maximum atomic E-state index is 12.7. The summed E-state index contributed by atoms with van der Waals surface area (Å²) < 4.78 is 27.0.